The van der Waals surface area contributed by atoms with Gasteiger partial charge in [-0.3, -0.25) is 4.79 Å². The SMILES string of the molecule is Nc1ccc(F)cc1C(=O)NCC[C@H](O)C(=O)O. The van der Waals surface area contributed by atoms with Crippen molar-refractivity contribution in [3.8, 4) is 0 Å². The number of hydrogen-bond acceptors (Lipinski definition) is 4. The summed E-state index contributed by atoms with van der Waals surface area (Å²) in [5.74, 6) is -2.58. The predicted molar refractivity (Wildman–Crippen MR) is 61.4 cm³/mol. The maximum Gasteiger partial charge on any atom is 0.332 e. The van der Waals surface area contributed by atoms with E-state index in [9.17, 15) is 14.0 Å². The molecule has 5 N–H and O–H groups in total. The van der Waals surface area contributed by atoms with Gasteiger partial charge in [-0.1, -0.05) is 0 Å². The number of rotatable bonds is 5. The predicted octanol–water partition coefficient (Wildman–Crippen LogP) is -0.0267. The molecule has 0 heterocycles. The van der Waals surface area contributed by atoms with E-state index >= 15 is 0 Å². The number of benzene rings is 1. The number of anilines is 1. The lowest BCUT2D eigenvalue weighted by Crippen LogP contribution is -2.30. The number of carboxylic acids is 1. The van der Waals surface area contributed by atoms with Crippen LogP contribution >= 0.6 is 0 Å². The lowest BCUT2D eigenvalue weighted by atomic mass is 10.1. The lowest BCUT2D eigenvalue weighted by Gasteiger charge is -2.09. The number of aliphatic hydroxyl groups excluding tert-OH is 1. The number of carbonyl (C=O) groups is 2. The van der Waals surface area contributed by atoms with Crippen LogP contribution in [0.15, 0.2) is 18.2 Å². The van der Waals surface area contributed by atoms with Gasteiger partial charge in [-0.05, 0) is 18.2 Å². The highest BCUT2D eigenvalue weighted by atomic mass is 19.1. The second kappa shape index (κ2) is 5.97. The van der Waals surface area contributed by atoms with Crippen LogP contribution in [0.5, 0.6) is 0 Å². The molecule has 0 saturated heterocycles. The summed E-state index contributed by atoms with van der Waals surface area (Å²) in [6.07, 6.45) is -1.69. The number of halogens is 1. The summed E-state index contributed by atoms with van der Waals surface area (Å²) in [6.45, 7) is -0.0533. The van der Waals surface area contributed by atoms with Gasteiger partial charge in [-0.2, -0.15) is 0 Å². The molecule has 0 aromatic heterocycles. The van der Waals surface area contributed by atoms with E-state index in [1.165, 1.54) is 6.07 Å². The summed E-state index contributed by atoms with van der Waals surface area (Å²) < 4.78 is 12.9. The van der Waals surface area contributed by atoms with Crippen molar-refractivity contribution in [3.05, 3.63) is 29.6 Å². The van der Waals surface area contributed by atoms with Crippen molar-refractivity contribution in [2.24, 2.45) is 0 Å². The van der Waals surface area contributed by atoms with Crippen LogP contribution in [0.25, 0.3) is 0 Å². The second-order valence-electron chi connectivity index (χ2n) is 3.63. The van der Waals surface area contributed by atoms with Gasteiger partial charge in [-0.25, -0.2) is 9.18 Å². The molecule has 0 saturated carbocycles. The minimum Gasteiger partial charge on any atom is -0.479 e. The van der Waals surface area contributed by atoms with E-state index < -0.39 is 23.8 Å². The molecule has 0 spiro atoms. The van der Waals surface area contributed by atoms with E-state index in [2.05, 4.69) is 5.32 Å². The Labute approximate surface area is 102 Å². The molecule has 1 rings (SSSR count). The first-order valence-electron chi connectivity index (χ1n) is 5.16. The van der Waals surface area contributed by atoms with E-state index in [-0.39, 0.29) is 24.2 Å². The number of nitrogens with one attached hydrogen (secondary N) is 1. The van der Waals surface area contributed by atoms with Crippen molar-refractivity contribution in [2.45, 2.75) is 12.5 Å². The summed E-state index contributed by atoms with van der Waals surface area (Å²) >= 11 is 0. The number of carbonyl (C=O) groups excluding carboxylic acids is 1. The lowest BCUT2D eigenvalue weighted by molar-refractivity contribution is -0.146. The fourth-order valence-electron chi connectivity index (χ4n) is 1.27. The fourth-order valence-corrected chi connectivity index (χ4v) is 1.27. The van der Waals surface area contributed by atoms with E-state index in [1.54, 1.807) is 0 Å². The Bertz CT molecular complexity index is 464. The standard InChI is InChI=1S/C11H13FN2O4/c12-6-1-2-8(13)7(5-6)10(16)14-4-3-9(15)11(17)18/h1-2,5,9,15H,3-4,13H2,(H,14,16)(H,17,18)/t9-/m0/s1. The Morgan fingerprint density at radius 1 is 1.44 bits per heavy atom. The summed E-state index contributed by atoms with van der Waals surface area (Å²) in [5, 5.41) is 19.7. The topological polar surface area (TPSA) is 113 Å². The molecular formula is C11H13FN2O4. The van der Waals surface area contributed by atoms with Gasteiger partial charge in [0.05, 0.1) is 5.56 Å². The van der Waals surface area contributed by atoms with Gasteiger partial charge in [-0.15, -0.1) is 0 Å². The van der Waals surface area contributed by atoms with Crippen molar-refractivity contribution in [1.29, 1.82) is 0 Å². The van der Waals surface area contributed by atoms with E-state index in [0.717, 1.165) is 12.1 Å². The van der Waals surface area contributed by atoms with Gasteiger partial charge in [0.15, 0.2) is 6.10 Å². The Morgan fingerprint density at radius 3 is 2.72 bits per heavy atom. The van der Waals surface area contributed by atoms with Crippen molar-refractivity contribution in [2.75, 3.05) is 12.3 Å². The van der Waals surface area contributed by atoms with Gasteiger partial charge in [0.1, 0.15) is 5.82 Å². The van der Waals surface area contributed by atoms with Crippen molar-refractivity contribution in [3.63, 3.8) is 0 Å². The molecule has 7 heteroatoms. The van der Waals surface area contributed by atoms with Crippen LogP contribution < -0.4 is 11.1 Å². The smallest absolute Gasteiger partial charge is 0.332 e. The van der Waals surface area contributed by atoms with Gasteiger partial charge in [0.2, 0.25) is 0 Å². The third-order valence-corrected chi connectivity index (χ3v) is 2.25. The molecule has 0 unspecified atom stereocenters. The molecule has 0 radical (unpaired) electrons. The Balaban J connectivity index is 2.55. The van der Waals surface area contributed by atoms with Crippen LogP contribution in [-0.2, 0) is 4.79 Å². The zero-order valence-corrected chi connectivity index (χ0v) is 9.39. The molecule has 1 amide bonds. The molecule has 0 aliphatic heterocycles. The molecule has 1 aromatic rings. The number of nitrogen functional groups attached to an aromatic ring is 1. The quantitative estimate of drug-likeness (QED) is 0.553. The zero-order chi connectivity index (χ0) is 13.7. The average Bonchev–Trinajstić information content (AvgIpc) is 2.31. The van der Waals surface area contributed by atoms with Gasteiger partial charge < -0.3 is 21.3 Å². The first kappa shape index (κ1) is 13.9. The molecule has 1 aromatic carbocycles. The Morgan fingerprint density at radius 2 is 2.11 bits per heavy atom. The first-order chi connectivity index (χ1) is 8.41. The molecule has 0 aliphatic rings. The third kappa shape index (κ3) is 3.70. The van der Waals surface area contributed by atoms with Crippen molar-refractivity contribution < 1.29 is 24.2 Å². The summed E-state index contributed by atoms with van der Waals surface area (Å²) in [5.41, 5.74) is 5.59. The average molecular weight is 256 g/mol. The van der Waals surface area contributed by atoms with E-state index in [0.29, 0.717) is 0 Å². The number of aliphatic hydroxyl groups is 1. The molecule has 18 heavy (non-hydrogen) atoms. The van der Waals surface area contributed by atoms with Crippen LogP contribution in [0.1, 0.15) is 16.8 Å². The molecule has 1 atom stereocenters. The molecule has 0 fully saturated rings. The van der Waals surface area contributed by atoms with Crippen LogP contribution in [0.3, 0.4) is 0 Å². The van der Waals surface area contributed by atoms with Crippen molar-refractivity contribution in [1.82, 2.24) is 5.32 Å². The number of hydrogen-bond donors (Lipinski definition) is 4. The van der Waals surface area contributed by atoms with Gasteiger partial charge in [0.25, 0.3) is 5.91 Å². The van der Waals surface area contributed by atoms with E-state index in [1.807, 2.05) is 0 Å². The minimum atomic E-state index is -1.55. The van der Waals surface area contributed by atoms with Crippen LogP contribution in [0.2, 0.25) is 0 Å². The first-order valence-corrected chi connectivity index (χ1v) is 5.16. The molecule has 0 aliphatic carbocycles. The maximum atomic E-state index is 12.9. The van der Waals surface area contributed by atoms with Crippen molar-refractivity contribution >= 4 is 17.6 Å². The zero-order valence-electron chi connectivity index (χ0n) is 9.39. The van der Waals surface area contributed by atoms with Crippen LogP contribution in [0, 0.1) is 5.82 Å². The van der Waals surface area contributed by atoms with E-state index in [4.69, 9.17) is 15.9 Å². The summed E-state index contributed by atoms with van der Waals surface area (Å²) in [7, 11) is 0. The number of aliphatic carboxylic acids is 1. The largest absolute Gasteiger partial charge is 0.479 e. The highest BCUT2D eigenvalue weighted by molar-refractivity contribution is 5.99. The Hall–Kier alpha value is -2.15. The maximum absolute atomic E-state index is 12.9. The van der Waals surface area contributed by atoms with Gasteiger partial charge >= 0.3 is 5.97 Å². The van der Waals surface area contributed by atoms with Gasteiger partial charge in [0, 0.05) is 18.7 Å². The highest BCUT2D eigenvalue weighted by Gasteiger charge is 2.14. The summed E-state index contributed by atoms with van der Waals surface area (Å²) in [6, 6.07) is 3.37. The Kier molecular flexibility index (Phi) is 4.61. The summed E-state index contributed by atoms with van der Waals surface area (Å²) in [4.78, 5) is 21.9. The number of nitrogens with two attached hydrogens (primary N) is 1. The fraction of sp³-hybridized carbons (Fsp3) is 0.273. The van der Waals surface area contributed by atoms with Crippen LogP contribution in [0.4, 0.5) is 10.1 Å². The normalized spacial score (nSPS) is 11.9. The third-order valence-electron chi connectivity index (χ3n) is 2.25. The van der Waals surface area contributed by atoms with Crippen LogP contribution in [-0.4, -0.2) is 34.7 Å². The second-order valence-corrected chi connectivity index (χ2v) is 3.63. The molecular weight excluding hydrogens is 243 g/mol. The monoisotopic (exact) mass is 256 g/mol. The number of carboxylic acid groups (broad SMARTS) is 1. The molecule has 98 valence electrons. The number of amides is 1. The highest BCUT2D eigenvalue weighted by Crippen LogP contribution is 2.12. The minimum absolute atomic E-state index is 0.0279. The molecule has 0 bridgehead atoms. The molecule has 6 nitrogen and oxygen atoms in total.